The molecule has 40 heavy (non-hydrogen) atoms. The number of nitrogens with zero attached hydrogens (tertiary/aromatic N) is 3. The molecule has 204 valence electrons. The first-order chi connectivity index (χ1) is 19.0. The van der Waals surface area contributed by atoms with Crippen LogP contribution in [0.1, 0.15) is 37.0 Å². The monoisotopic (exact) mass is 565 g/mol. The molecule has 0 aliphatic heterocycles. The molecule has 0 saturated heterocycles. The Kier molecular flexibility index (Phi) is 7.03. The van der Waals surface area contributed by atoms with Gasteiger partial charge in [-0.2, -0.15) is 18.3 Å². The number of nitrogens with one attached hydrogen (secondary N) is 1. The zero-order valence-electron chi connectivity index (χ0n) is 21.2. The van der Waals surface area contributed by atoms with Crippen LogP contribution in [-0.2, 0) is 12.9 Å². The smallest absolute Gasteiger partial charge is 0.433 e. The van der Waals surface area contributed by atoms with Crippen LogP contribution in [0, 0.1) is 13.8 Å². The van der Waals surface area contributed by atoms with Crippen LogP contribution in [0.25, 0.3) is 21.3 Å². The fourth-order valence-electron chi connectivity index (χ4n) is 4.21. The number of ether oxygens (including phenoxy) is 1. The van der Waals surface area contributed by atoms with Gasteiger partial charge in [-0.3, -0.25) is 9.59 Å². The number of hydrogen-bond donors (Lipinski definition) is 2. The van der Waals surface area contributed by atoms with E-state index in [-0.39, 0.29) is 38.8 Å². The molecule has 0 atom stereocenters. The summed E-state index contributed by atoms with van der Waals surface area (Å²) in [6, 6.07) is 16.4. The third-order valence-corrected chi connectivity index (χ3v) is 7.15. The maximum atomic E-state index is 13.7. The van der Waals surface area contributed by atoms with Crippen LogP contribution in [0.3, 0.4) is 0 Å². The number of pyridine rings is 1. The van der Waals surface area contributed by atoms with Gasteiger partial charge in [-0.1, -0.05) is 48.0 Å². The van der Waals surface area contributed by atoms with E-state index in [2.05, 4.69) is 15.4 Å². The summed E-state index contributed by atoms with van der Waals surface area (Å²) in [4.78, 5) is 29.0. The highest BCUT2D eigenvalue weighted by Gasteiger charge is 2.35. The van der Waals surface area contributed by atoms with Gasteiger partial charge in [-0.15, -0.1) is 11.3 Å². The second-order valence-electron chi connectivity index (χ2n) is 9.01. The van der Waals surface area contributed by atoms with E-state index < -0.39 is 23.7 Å². The molecule has 0 spiro atoms. The molecule has 0 aliphatic carbocycles. The van der Waals surface area contributed by atoms with Crippen molar-refractivity contribution >= 4 is 39.1 Å². The van der Waals surface area contributed by atoms with Crippen molar-refractivity contribution in [2.45, 2.75) is 26.8 Å². The molecule has 2 aromatic carbocycles. The Morgan fingerprint density at radius 2 is 1.82 bits per heavy atom. The molecule has 0 unspecified atom stereocenters. The number of carbonyl (C=O) groups is 2. The number of primary amides is 1. The number of carbonyl (C=O) groups excluding carboxylic acids is 2. The molecule has 0 fully saturated rings. The highest BCUT2D eigenvalue weighted by molar-refractivity contribution is 7.21. The molecule has 3 N–H and O–H groups in total. The highest BCUT2D eigenvalue weighted by atomic mass is 32.1. The first-order valence-electron chi connectivity index (χ1n) is 12.0. The van der Waals surface area contributed by atoms with Gasteiger partial charge in [0.15, 0.2) is 12.4 Å². The molecular weight excluding hydrogens is 543 g/mol. The van der Waals surface area contributed by atoms with Gasteiger partial charge in [0, 0.05) is 11.6 Å². The second kappa shape index (κ2) is 10.5. The molecule has 3 heterocycles. The van der Waals surface area contributed by atoms with Gasteiger partial charge in [-0.25, -0.2) is 9.67 Å². The lowest BCUT2D eigenvalue weighted by molar-refractivity contribution is -0.140. The summed E-state index contributed by atoms with van der Waals surface area (Å²) in [5, 5.41) is 7.04. The van der Waals surface area contributed by atoms with Gasteiger partial charge in [0.1, 0.15) is 21.2 Å². The number of nitrogens with two attached hydrogens (primary N) is 1. The minimum atomic E-state index is -4.73. The first-order valence-corrected chi connectivity index (χ1v) is 12.8. The number of amides is 2. The lowest BCUT2D eigenvalue weighted by atomic mass is 10.0. The number of benzene rings is 2. The molecule has 3 aromatic heterocycles. The van der Waals surface area contributed by atoms with E-state index in [0.29, 0.717) is 22.6 Å². The van der Waals surface area contributed by atoms with Crippen molar-refractivity contribution in [3.05, 3.63) is 94.3 Å². The van der Waals surface area contributed by atoms with E-state index in [9.17, 15) is 22.8 Å². The Balaban J connectivity index is 1.50. The third-order valence-electron chi connectivity index (χ3n) is 6.06. The van der Waals surface area contributed by atoms with Gasteiger partial charge < -0.3 is 15.8 Å². The number of anilines is 1. The minimum absolute atomic E-state index is 0.000121. The second-order valence-corrected chi connectivity index (χ2v) is 10.0. The number of alkyl halides is 3. The lowest BCUT2D eigenvalue weighted by Crippen LogP contribution is -2.18. The quantitative estimate of drug-likeness (QED) is 0.245. The fourth-order valence-corrected chi connectivity index (χ4v) is 5.22. The van der Waals surface area contributed by atoms with Crippen LogP contribution in [0.5, 0.6) is 5.75 Å². The molecule has 0 aliphatic rings. The SMILES string of the molecule is Cc1ccc(OCn2ccc(C(=O)Nc3c(C(N)=O)sc4nc(C(F)(F)F)cc(-c5ccccc5)c34)n2)c(C)c1. The summed E-state index contributed by atoms with van der Waals surface area (Å²) in [6.07, 6.45) is -3.18. The summed E-state index contributed by atoms with van der Waals surface area (Å²) in [5.41, 5.74) is 7.03. The van der Waals surface area contributed by atoms with Crippen molar-refractivity contribution in [2.75, 3.05) is 5.32 Å². The zero-order chi connectivity index (χ0) is 28.6. The first kappa shape index (κ1) is 26.9. The zero-order valence-corrected chi connectivity index (χ0v) is 22.1. The summed E-state index contributed by atoms with van der Waals surface area (Å²) in [7, 11) is 0. The van der Waals surface area contributed by atoms with Crippen LogP contribution < -0.4 is 15.8 Å². The van der Waals surface area contributed by atoms with Crippen molar-refractivity contribution < 1.29 is 27.5 Å². The number of halogens is 3. The average molecular weight is 566 g/mol. The van der Waals surface area contributed by atoms with E-state index >= 15 is 0 Å². The molecule has 12 heteroatoms. The third kappa shape index (κ3) is 5.38. The van der Waals surface area contributed by atoms with E-state index in [1.807, 2.05) is 32.0 Å². The minimum Gasteiger partial charge on any atom is -0.471 e. The Bertz CT molecular complexity index is 1750. The maximum Gasteiger partial charge on any atom is 0.433 e. The van der Waals surface area contributed by atoms with Crippen LogP contribution in [-0.4, -0.2) is 26.6 Å². The van der Waals surface area contributed by atoms with Gasteiger partial charge in [0.25, 0.3) is 11.8 Å². The van der Waals surface area contributed by atoms with E-state index in [4.69, 9.17) is 10.5 Å². The largest absolute Gasteiger partial charge is 0.471 e. The van der Waals surface area contributed by atoms with E-state index in [1.54, 1.807) is 36.5 Å². The maximum absolute atomic E-state index is 13.7. The fraction of sp³-hybridized carbons (Fsp3) is 0.143. The number of aromatic nitrogens is 3. The Labute approximate surface area is 230 Å². The number of thiophene rings is 1. The van der Waals surface area contributed by atoms with Crippen molar-refractivity contribution in [1.29, 1.82) is 0 Å². The molecule has 0 radical (unpaired) electrons. The Hall–Kier alpha value is -4.71. The molecule has 0 saturated carbocycles. The molecule has 0 bridgehead atoms. The predicted molar refractivity (Wildman–Crippen MR) is 145 cm³/mol. The predicted octanol–water partition coefficient (Wildman–Crippen LogP) is 6.18. The number of rotatable bonds is 7. The van der Waals surface area contributed by atoms with E-state index in [1.165, 1.54) is 10.7 Å². The Morgan fingerprint density at radius 1 is 1.07 bits per heavy atom. The van der Waals surface area contributed by atoms with Crippen LogP contribution in [0.15, 0.2) is 66.9 Å². The van der Waals surface area contributed by atoms with Crippen LogP contribution in [0.4, 0.5) is 18.9 Å². The van der Waals surface area contributed by atoms with Crippen molar-refractivity contribution in [2.24, 2.45) is 5.73 Å². The summed E-state index contributed by atoms with van der Waals surface area (Å²) in [5.74, 6) is -0.938. The number of aryl methyl sites for hydroxylation is 2. The van der Waals surface area contributed by atoms with Gasteiger partial charge in [0.2, 0.25) is 0 Å². The molecular formula is C28H22F3N5O3S. The van der Waals surface area contributed by atoms with Crippen molar-refractivity contribution in [3.63, 3.8) is 0 Å². The summed E-state index contributed by atoms with van der Waals surface area (Å²) >= 11 is 0.676. The number of hydrogen-bond acceptors (Lipinski definition) is 6. The van der Waals surface area contributed by atoms with Gasteiger partial charge >= 0.3 is 6.18 Å². The van der Waals surface area contributed by atoms with Gasteiger partial charge in [0.05, 0.1) is 5.69 Å². The van der Waals surface area contributed by atoms with Crippen molar-refractivity contribution in [1.82, 2.24) is 14.8 Å². The molecule has 2 amide bonds. The molecule has 8 nitrogen and oxygen atoms in total. The molecule has 5 rings (SSSR count). The lowest BCUT2D eigenvalue weighted by Gasteiger charge is -2.12. The highest BCUT2D eigenvalue weighted by Crippen LogP contribution is 2.43. The number of fused-ring (bicyclic) bond motifs is 1. The van der Waals surface area contributed by atoms with Gasteiger partial charge in [-0.05, 0) is 48.7 Å². The summed E-state index contributed by atoms with van der Waals surface area (Å²) in [6.45, 7) is 3.93. The summed E-state index contributed by atoms with van der Waals surface area (Å²) < 4.78 is 48.3. The van der Waals surface area contributed by atoms with Crippen LogP contribution in [0.2, 0.25) is 0 Å². The standard InChI is InChI=1S/C28H22F3N5O3S/c1-15-8-9-20(16(2)12-15)39-14-36-11-10-19(35-36)26(38)34-23-22-18(17-6-4-3-5-7-17)13-21(28(29,30)31)33-27(22)40-24(23)25(32)37/h3-13H,14H2,1-2H3,(H2,32,37)(H,34,38). The van der Waals surface area contributed by atoms with Crippen LogP contribution >= 0.6 is 11.3 Å². The average Bonchev–Trinajstić information content (AvgIpc) is 3.53. The molecule has 5 aromatic rings. The normalized spacial score (nSPS) is 11.5. The Morgan fingerprint density at radius 3 is 2.50 bits per heavy atom. The van der Waals surface area contributed by atoms with E-state index in [0.717, 1.165) is 17.2 Å². The van der Waals surface area contributed by atoms with Crippen molar-refractivity contribution in [3.8, 4) is 16.9 Å². The topological polar surface area (TPSA) is 112 Å².